The minimum Gasteiger partial charge on any atom is -0.435 e. The first-order valence-corrected chi connectivity index (χ1v) is 47.5. The fourth-order valence-electron chi connectivity index (χ4n) is 7.37. The van der Waals surface area contributed by atoms with E-state index in [4.69, 9.17) is 72.1 Å². The van der Waals surface area contributed by atoms with Crippen LogP contribution in [-0.2, 0) is 91.1 Å². The van der Waals surface area contributed by atoms with Crippen molar-refractivity contribution in [2.75, 3.05) is 79.8 Å². The minimum absolute atomic E-state index is 0.168. The summed E-state index contributed by atoms with van der Waals surface area (Å²) < 4.78 is 99.2. The van der Waals surface area contributed by atoms with Crippen LogP contribution in [0.25, 0.3) is 0 Å². The standard InChI is InChI=1S/C14H22O4.C12H24O4Si4.C11H16O4.C10H14O4.C9H16O2Si.C8H14OSi.C7H12OSi/c1-5-9-15-13(16-10-6-2)14(17-11-7-3)18-12-8-4;1-9-17(5)13-18(6,10-2)15-20(8,12-4)16-19(7,11-3)14-17;1-3-9-12-5-11(6-13-9)7-14-10(4-2)15-8-11;1-3-13-9(11)7-5-6-8-10(12)14-4-2;1-5-8-10-12(4,7-3)11-9-6-2;1-5-9-10(6-2,7-3)8-4;1-5-9(6-2,7-3)8-4/h5-8,13-14H,1-4,9-12H2;9-12H,1-4H2,5-8H3;3-4,9-10H,1-2,5-8H2;3-4H,1-2,5-8H2;5-7H,1-3,8-9H2,4H3;6-8H,2-5H2,1H3;5-7H,1-3H2,4H3. The largest absolute Gasteiger partial charge is 0.435 e. The van der Waals surface area contributed by atoms with E-state index in [1.807, 2.05) is 56.8 Å². The van der Waals surface area contributed by atoms with Crippen molar-refractivity contribution in [2.45, 2.75) is 90.5 Å². The number of carbonyl (C=O) groups excluding carboxylic acids is 2. The fourth-order valence-corrected chi connectivity index (χ4v) is 28.6. The first-order valence-electron chi connectivity index (χ1n) is 31.2. The van der Waals surface area contributed by atoms with Crippen LogP contribution in [-0.4, -0.2) is 176 Å². The topological polar surface area (TPSA) is 200 Å². The number of hydrogen-bond acceptors (Lipinski definition) is 20. The monoisotopic (exact) mass is 1490 g/mol. The molecule has 0 atom stereocenters. The Kier molecular flexibility index (Phi) is 57.5. The fraction of sp³-hybridized carbons (Fsp3) is 0.380. The Balaban J connectivity index is -0.000000534. The number of esters is 2. The second kappa shape index (κ2) is 57.0. The van der Waals surface area contributed by atoms with Crippen molar-refractivity contribution in [3.8, 4) is 0 Å². The maximum Gasteiger partial charge on any atom is 0.361 e. The first kappa shape index (κ1) is 98.7. The Hall–Kier alpha value is -5.64. The molecule has 0 saturated carbocycles. The first-order chi connectivity index (χ1) is 46.5. The third kappa shape index (κ3) is 43.1. The summed E-state index contributed by atoms with van der Waals surface area (Å²) in [5.74, 6) is -0.672. The maximum atomic E-state index is 10.8. The lowest BCUT2D eigenvalue weighted by Crippen LogP contribution is -2.65. The molecule has 3 rings (SSSR count). The molecule has 0 aromatic rings. The molecule has 3 saturated heterocycles. The van der Waals surface area contributed by atoms with Gasteiger partial charge in [0.15, 0.2) is 12.6 Å². The van der Waals surface area contributed by atoms with Gasteiger partial charge >= 0.3 is 54.7 Å². The van der Waals surface area contributed by atoms with E-state index in [9.17, 15) is 9.59 Å². The molecule has 0 amide bonds. The predicted molar refractivity (Wildman–Crippen MR) is 414 cm³/mol. The van der Waals surface area contributed by atoms with Crippen LogP contribution in [0.1, 0.15) is 32.6 Å². The number of rotatable bonds is 42. The van der Waals surface area contributed by atoms with Crippen molar-refractivity contribution in [1.29, 1.82) is 0 Å². The van der Waals surface area contributed by atoms with Crippen molar-refractivity contribution >= 4 is 71.4 Å². The van der Waals surface area contributed by atoms with Crippen molar-refractivity contribution < 1.29 is 91.1 Å². The van der Waals surface area contributed by atoms with Gasteiger partial charge in [-0.2, -0.15) is 0 Å². The van der Waals surface area contributed by atoms with E-state index in [0.29, 0.717) is 85.5 Å². The van der Waals surface area contributed by atoms with Gasteiger partial charge in [-0.3, -0.25) is 9.59 Å². The van der Waals surface area contributed by atoms with Gasteiger partial charge in [0.1, 0.15) is 0 Å². The summed E-state index contributed by atoms with van der Waals surface area (Å²) >= 11 is 0. The Morgan fingerprint density at radius 3 is 0.888 bits per heavy atom. The van der Waals surface area contributed by atoms with Crippen LogP contribution in [0, 0.1) is 5.41 Å². The van der Waals surface area contributed by atoms with Crippen LogP contribution in [0.15, 0.2) is 262 Å². The molecule has 27 heteroatoms. The second-order valence-electron chi connectivity index (χ2n) is 21.0. The highest BCUT2D eigenvalue weighted by molar-refractivity contribution is 6.98. The Bertz CT molecular complexity index is 2260. The molecule has 0 bridgehead atoms. The molecular formula is C71H118O20Si7. The number of ether oxygens (including phenoxy) is 10. The maximum absolute atomic E-state index is 10.8. The molecule has 0 aromatic carbocycles. The second-order valence-corrected chi connectivity index (χ2v) is 43.6. The normalized spacial score (nSPS) is 22.2. The summed E-state index contributed by atoms with van der Waals surface area (Å²) in [5.41, 5.74) is 19.4. The molecular weight excluding hydrogens is 1370 g/mol. The van der Waals surface area contributed by atoms with Crippen LogP contribution in [0.4, 0.5) is 0 Å². The van der Waals surface area contributed by atoms with E-state index in [2.05, 4.69) is 148 Å². The lowest BCUT2D eigenvalue weighted by Gasteiger charge is -2.46. The van der Waals surface area contributed by atoms with Crippen LogP contribution >= 0.6 is 0 Å². The summed E-state index contributed by atoms with van der Waals surface area (Å²) in [6.07, 6.45) is 15.2. The summed E-state index contributed by atoms with van der Waals surface area (Å²) in [6.45, 7) is 93.3. The highest BCUT2D eigenvalue weighted by atomic mass is 28.5. The van der Waals surface area contributed by atoms with Crippen molar-refractivity contribution in [2.24, 2.45) is 5.41 Å². The quantitative estimate of drug-likeness (QED) is 0.0139. The molecule has 98 heavy (non-hydrogen) atoms. The molecule has 0 radical (unpaired) electrons. The minimum atomic E-state index is -2.60. The summed E-state index contributed by atoms with van der Waals surface area (Å²) in [6, 6.07) is 0. The van der Waals surface area contributed by atoms with Crippen molar-refractivity contribution in [3.63, 3.8) is 0 Å². The molecule has 0 N–H and O–H groups in total. The van der Waals surface area contributed by atoms with Crippen LogP contribution in [0.2, 0.25) is 32.7 Å². The molecule has 550 valence electrons. The smallest absolute Gasteiger partial charge is 0.361 e. The third-order valence-electron chi connectivity index (χ3n) is 12.9. The number of hydrogen-bond donors (Lipinski definition) is 0. The Labute approximate surface area is 596 Å². The molecule has 3 aliphatic heterocycles. The van der Waals surface area contributed by atoms with E-state index in [0.717, 1.165) is 12.5 Å². The van der Waals surface area contributed by atoms with E-state index >= 15 is 0 Å². The van der Waals surface area contributed by atoms with Crippen LogP contribution in [0.5, 0.6) is 0 Å². The number of carbonyl (C=O) groups is 2. The van der Waals surface area contributed by atoms with E-state index in [-0.39, 0.29) is 42.8 Å². The van der Waals surface area contributed by atoms with Crippen molar-refractivity contribution in [1.82, 2.24) is 0 Å². The summed E-state index contributed by atoms with van der Waals surface area (Å²) in [7, 11) is -14.7. The zero-order valence-electron chi connectivity index (χ0n) is 60.1. The lowest BCUT2D eigenvalue weighted by molar-refractivity contribution is -0.282. The lowest BCUT2D eigenvalue weighted by atomic mass is 9.91. The Morgan fingerprint density at radius 2 is 0.714 bits per heavy atom. The molecule has 3 aliphatic rings. The zero-order chi connectivity index (χ0) is 75.6. The molecule has 3 heterocycles. The molecule has 20 nitrogen and oxygen atoms in total. The van der Waals surface area contributed by atoms with Crippen LogP contribution in [0.3, 0.4) is 0 Å². The van der Waals surface area contributed by atoms with E-state index in [1.54, 1.807) is 101 Å². The van der Waals surface area contributed by atoms with Gasteiger partial charge in [0.05, 0.1) is 84.0 Å². The molecule has 0 aliphatic carbocycles. The average Bonchev–Trinajstić information content (AvgIpc) is 0.774. The average molecular weight is 1490 g/mol. The van der Waals surface area contributed by atoms with Gasteiger partial charge in [-0.25, -0.2) is 0 Å². The molecule has 0 aromatic heterocycles. The van der Waals surface area contributed by atoms with Gasteiger partial charge in [-0.1, -0.05) is 120 Å². The van der Waals surface area contributed by atoms with Gasteiger partial charge in [-0.15, -0.1) is 112 Å². The van der Waals surface area contributed by atoms with Gasteiger partial charge in [0, 0.05) is 26.6 Å². The molecule has 0 unspecified atom stereocenters. The molecule has 1 spiro atoms. The van der Waals surface area contributed by atoms with E-state index in [1.165, 1.54) is 0 Å². The highest BCUT2D eigenvalue weighted by Crippen LogP contribution is 2.33. The van der Waals surface area contributed by atoms with Crippen molar-refractivity contribution in [3.05, 3.63) is 262 Å². The van der Waals surface area contributed by atoms with Gasteiger partial charge < -0.3 is 81.5 Å². The van der Waals surface area contributed by atoms with Gasteiger partial charge in [0.2, 0.25) is 12.6 Å². The van der Waals surface area contributed by atoms with Crippen LogP contribution < -0.4 is 0 Å². The predicted octanol–water partition coefficient (Wildman–Crippen LogP) is 14.8. The highest BCUT2D eigenvalue weighted by Gasteiger charge is 2.54. The third-order valence-corrected chi connectivity index (χ3v) is 36.4. The SMILES string of the molecule is C=CC1OCC2(CO1)COC(C=C)OC2.C=CCOC(OCC=C)C(OCC=C)OCC=C.C=CCO[Si](C)(C=C)OCC=C.C=COC(=O)CCCCC(=O)OC=C.C=C[Si](C=C)(C=C)OC.C=C[Si](C=C)(C=C)OCC.C=C[Si]1(C)O[Si](C)(C=C)O[Si](C)(C=C)O[Si](C)(C=C)O1. The van der Waals surface area contributed by atoms with Gasteiger partial charge in [-0.05, 0) is 70.4 Å². The van der Waals surface area contributed by atoms with Gasteiger partial charge in [0.25, 0.3) is 16.6 Å². The van der Waals surface area contributed by atoms with E-state index < -0.39 is 72.0 Å². The summed E-state index contributed by atoms with van der Waals surface area (Å²) in [5, 5.41) is 0. The Morgan fingerprint density at radius 1 is 0.439 bits per heavy atom. The number of unbranched alkanes of at least 4 members (excludes halogenated alkanes) is 1. The summed E-state index contributed by atoms with van der Waals surface area (Å²) in [4.78, 5) is 21.6. The zero-order valence-corrected chi connectivity index (χ0v) is 67.1. The molecule has 3 fully saturated rings.